The molecule has 0 bridgehead atoms. The predicted molar refractivity (Wildman–Crippen MR) is 68.2 cm³/mol. The minimum absolute atomic E-state index is 0.143. The lowest BCUT2D eigenvalue weighted by molar-refractivity contribution is -0.123. The highest BCUT2D eigenvalue weighted by atomic mass is 35.5. The molecule has 1 aliphatic carbocycles. The molecule has 1 N–H and O–H groups in total. The van der Waals surface area contributed by atoms with Gasteiger partial charge in [0, 0.05) is 18.5 Å². The molecule has 1 amide bonds. The summed E-state index contributed by atoms with van der Waals surface area (Å²) in [6.45, 7) is 1.63. The van der Waals surface area contributed by atoms with Crippen LogP contribution in [0.25, 0.3) is 0 Å². The first-order chi connectivity index (χ1) is 8.24. The molecule has 2 rings (SSSR count). The highest BCUT2D eigenvalue weighted by molar-refractivity contribution is 6.20. The van der Waals surface area contributed by atoms with E-state index in [-0.39, 0.29) is 12.0 Å². The van der Waals surface area contributed by atoms with Gasteiger partial charge in [-0.25, -0.2) is 0 Å². The average molecular weight is 260 g/mol. The van der Waals surface area contributed by atoms with Crippen molar-refractivity contribution in [2.75, 3.05) is 13.2 Å². The summed E-state index contributed by atoms with van der Waals surface area (Å²) in [5.41, 5.74) is 0. The Bertz CT molecular complexity index is 246. The number of amides is 1. The van der Waals surface area contributed by atoms with Crippen LogP contribution >= 0.6 is 11.6 Å². The van der Waals surface area contributed by atoms with Crippen molar-refractivity contribution < 1.29 is 9.53 Å². The smallest absolute Gasteiger partial charge is 0.222 e. The lowest BCUT2D eigenvalue weighted by Gasteiger charge is -2.25. The standard InChI is InChI=1S/C13H22ClNO2/c14-11-5-3-10(4-6-11)9-15-13(16)8-12-2-1-7-17-12/h10-12H,1-9H2,(H,15,16). The number of carbonyl (C=O) groups excluding carboxylic acids is 1. The fraction of sp³-hybridized carbons (Fsp3) is 0.923. The summed E-state index contributed by atoms with van der Waals surface area (Å²) in [6.07, 6.45) is 7.30. The summed E-state index contributed by atoms with van der Waals surface area (Å²) in [4.78, 5) is 11.7. The Labute approximate surface area is 108 Å². The van der Waals surface area contributed by atoms with Crippen molar-refractivity contribution in [3.05, 3.63) is 0 Å². The topological polar surface area (TPSA) is 38.3 Å². The molecule has 0 aromatic heterocycles. The Morgan fingerprint density at radius 3 is 2.65 bits per heavy atom. The first-order valence-corrected chi connectivity index (χ1v) is 7.20. The zero-order valence-electron chi connectivity index (χ0n) is 10.3. The molecule has 2 fully saturated rings. The number of hydrogen-bond acceptors (Lipinski definition) is 2. The van der Waals surface area contributed by atoms with E-state index >= 15 is 0 Å². The zero-order valence-corrected chi connectivity index (χ0v) is 11.0. The van der Waals surface area contributed by atoms with Crippen molar-refractivity contribution in [2.45, 2.75) is 56.4 Å². The van der Waals surface area contributed by atoms with Crippen molar-refractivity contribution in [1.29, 1.82) is 0 Å². The Hall–Kier alpha value is -0.280. The summed E-state index contributed by atoms with van der Waals surface area (Å²) in [7, 11) is 0. The average Bonchev–Trinajstić information content (AvgIpc) is 2.81. The van der Waals surface area contributed by atoms with Gasteiger partial charge in [-0.05, 0) is 44.4 Å². The van der Waals surface area contributed by atoms with Crippen LogP contribution in [0.15, 0.2) is 0 Å². The minimum atomic E-state index is 0.143. The largest absolute Gasteiger partial charge is 0.378 e. The van der Waals surface area contributed by atoms with Crippen molar-refractivity contribution >= 4 is 17.5 Å². The molecular weight excluding hydrogens is 238 g/mol. The summed E-state index contributed by atoms with van der Waals surface area (Å²) in [5, 5.41) is 3.39. The Kier molecular flexibility index (Phi) is 5.11. The number of nitrogens with one attached hydrogen (secondary N) is 1. The Balaban J connectivity index is 1.59. The first-order valence-electron chi connectivity index (χ1n) is 6.76. The first kappa shape index (κ1) is 13.2. The van der Waals surface area contributed by atoms with Gasteiger partial charge in [0.25, 0.3) is 0 Å². The summed E-state index contributed by atoms with van der Waals surface area (Å²) in [5.74, 6) is 0.767. The number of alkyl halides is 1. The molecular formula is C13H22ClNO2. The lowest BCUT2D eigenvalue weighted by Crippen LogP contribution is -2.33. The second kappa shape index (κ2) is 6.60. The van der Waals surface area contributed by atoms with Gasteiger partial charge in [-0.15, -0.1) is 11.6 Å². The van der Waals surface area contributed by atoms with Gasteiger partial charge < -0.3 is 10.1 Å². The van der Waals surface area contributed by atoms with E-state index in [1.54, 1.807) is 0 Å². The quantitative estimate of drug-likeness (QED) is 0.788. The van der Waals surface area contributed by atoms with E-state index in [9.17, 15) is 4.79 Å². The molecule has 1 atom stereocenters. The van der Waals surface area contributed by atoms with Crippen LogP contribution in [-0.4, -0.2) is 30.5 Å². The maximum Gasteiger partial charge on any atom is 0.222 e. The summed E-state index contributed by atoms with van der Waals surface area (Å²) in [6, 6.07) is 0. The number of halogens is 1. The van der Waals surface area contributed by atoms with Gasteiger partial charge in [-0.3, -0.25) is 4.79 Å². The summed E-state index contributed by atoms with van der Waals surface area (Å²) >= 11 is 6.05. The maximum atomic E-state index is 11.7. The van der Waals surface area contributed by atoms with Gasteiger partial charge in [0.2, 0.25) is 5.91 Å². The Morgan fingerprint density at radius 2 is 2.00 bits per heavy atom. The van der Waals surface area contributed by atoms with Gasteiger partial charge in [0.1, 0.15) is 0 Å². The minimum Gasteiger partial charge on any atom is -0.378 e. The van der Waals surface area contributed by atoms with Crippen molar-refractivity contribution in [3.63, 3.8) is 0 Å². The van der Waals surface area contributed by atoms with E-state index in [4.69, 9.17) is 16.3 Å². The highest BCUT2D eigenvalue weighted by Crippen LogP contribution is 2.27. The van der Waals surface area contributed by atoms with Gasteiger partial charge in [-0.1, -0.05) is 0 Å². The highest BCUT2D eigenvalue weighted by Gasteiger charge is 2.22. The van der Waals surface area contributed by atoms with Crippen LogP contribution in [0.1, 0.15) is 44.9 Å². The molecule has 98 valence electrons. The third-order valence-corrected chi connectivity index (χ3v) is 4.24. The van der Waals surface area contributed by atoms with Crippen LogP contribution in [0.5, 0.6) is 0 Å². The normalized spacial score (nSPS) is 33.6. The second-order valence-corrected chi connectivity index (χ2v) is 5.88. The van der Waals surface area contributed by atoms with Crippen molar-refractivity contribution in [2.24, 2.45) is 5.92 Å². The van der Waals surface area contributed by atoms with E-state index in [0.717, 1.165) is 51.7 Å². The molecule has 1 saturated heterocycles. The van der Waals surface area contributed by atoms with Gasteiger partial charge in [0.15, 0.2) is 0 Å². The van der Waals surface area contributed by atoms with E-state index in [2.05, 4.69) is 5.32 Å². The van der Waals surface area contributed by atoms with E-state index in [1.165, 1.54) is 0 Å². The Morgan fingerprint density at radius 1 is 1.24 bits per heavy atom. The molecule has 17 heavy (non-hydrogen) atoms. The molecule has 1 unspecified atom stereocenters. The lowest BCUT2D eigenvalue weighted by atomic mass is 9.89. The van der Waals surface area contributed by atoms with Gasteiger partial charge in [-0.2, -0.15) is 0 Å². The fourth-order valence-corrected chi connectivity index (χ4v) is 2.92. The fourth-order valence-electron chi connectivity index (χ4n) is 2.67. The van der Waals surface area contributed by atoms with Crippen molar-refractivity contribution in [3.8, 4) is 0 Å². The van der Waals surface area contributed by atoms with E-state index < -0.39 is 0 Å². The molecule has 1 saturated carbocycles. The van der Waals surface area contributed by atoms with E-state index in [1.807, 2.05) is 0 Å². The number of rotatable bonds is 4. The molecule has 0 spiro atoms. The van der Waals surface area contributed by atoms with Crippen molar-refractivity contribution in [1.82, 2.24) is 5.32 Å². The second-order valence-electron chi connectivity index (χ2n) is 5.26. The molecule has 0 aromatic carbocycles. The van der Waals surface area contributed by atoms with Gasteiger partial charge >= 0.3 is 0 Å². The molecule has 4 heteroatoms. The molecule has 0 aromatic rings. The molecule has 1 aliphatic heterocycles. The summed E-state index contributed by atoms with van der Waals surface area (Å²) < 4.78 is 5.45. The predicted octanol–water partition coefficient (Wildman–Crippen LogP) is 2.47. The van der Waals surface area contributed by atoms with Gasteiger partial charge in [0.05, 0.1) is 12.5 Å². The van der Waals surface area contributed by atoms with Crippen LogP contribution in [0, 0.1) is 5.92 Å². The third-order valence-electron chi connectivity index (χ3n) is 3.80. The zero-order chi connectivity index (χ0) is 12.1. The van der Waals surface area contributed by atoms with Crippen LogP contribution in [0.3, 0.4) is 0 Å². The number of hydrogen-bond donors (Lipinski definition) is 1. The van der Waals surface area contributed by atoms with Crippen LogP contribution < -0.4 is 5.32 Å². The van der Waals surface area contributed by atoms with Crippen LogP contribution in [0.4, 0.5) is 0 Å². The molecule has 1 heterocycles. The number of carbonyl (C=O) groups is 1. The third kappa shape index (κ3) is 4.47. The SMILES string of the molecule is O=C(CC1CCCO1)NCC1CCC(Cl)CC1. The van der Waals surface area contributed by atoms with E-state index in [0.29, 0.717) is 17.7 Å². The van der Waals surface area contributed by atoms with Crippen LogP contribution in [0.2, 0.25) is 0 Å². The molecule has 3 nitrogen and oxygen atoms in total. The number of ether oxygens (including phenoxy) is 1. The molecule has 0 radical (unpaired) electrons. The monoisotopic (exact) mass is 259 g/mol. The van der Waals surface area contributed by atoms with Crippen LogP contribution in [-0.2, 0) is 9.53 Å². The molecule has 2 aliphatic rings. The maximum absolute atomic E-state index is 11.7.